The molecule has 0 aliphatic carbocycles. The molecule has 0 aliphatic rings. The van der Waals surface area contributed by atoms with Gasteiger partial charge in [-0.25, -0.2) is 0 Å². The lowest BCUT2D eigenvalue weighted by molar-refractivity contribution is 0.477. The monoisotopic (exact) mass is 299 g/mol. The number of halogens is 2. The van der Waals surface area contributed by atoms with Crippen LogP contribution in [0.3, 0.4) is 0 Å². The molecule has 2 rings (SSSR count). The highest BCUT2D eigenvalue weighted by molar-refractivity contribution is 6.42. The van der Waals surface area contributed by atoms with E-state index in [0.29, 0.717) is 28.3 Å². The number of rotatable bonds is 4. The van der Waals surface area contributed by atoms with Crippen LogP contribution in [0.2, 0.25) is 10.0 Å². The fourth-order valence-electron chi connectivity index (χ4n) is 1.62. The first-order valence-corrected chi connectivity index (χ1v) is 6.69. The molecule has 0 radical (unpaired) electrons. The van der Waals surface area contributed by atoms with Crippen LogP contribution in [-0.4, -0.2) is 14.9 Å². The molecule has 0 bridgehead atoms. The SMILES string of the molecule is CC(C)n1ccc(CNc2cc(Cl)c(Cl)cc2O)n1. The first-order valence-electron chi connectivity index (χ1n) is 5.93. The Kier molecular flexibility index (Phi) is 4.22. The van der Waals surface area contributed by atoms with Crippen molar-refractivity contribution in [1.82, 2.24) is 9.78 Å². The van der Waals surface area contributed by atoms with Crippen molar-refractivity contribution in [3.63, 3.8) is 0 Å². The highest BCUT2D eigenvalue weighted by atomic mass is 35.5. The highest BCUT2D eigenvalue weighted by Gasteiger charge is 2.07. The third kappa shape index (κ3) is 3.33. The van der Waals surface area contributed by atoms with Crippen LogP contribution in [0.5, 0.6) is 5.75 Å². The van der Waals surface area contributed by atoms with Crippen LogP contribution < -0.4 is 5.32 Å². The Balaban J connectivity index is 2.07. The molecule has 19 heavy (non-hydrogen) atoms. The van der Waals surface area contributed by atoms with Crippen LogP contribution in [0, 0.1) is 0 Å². The maximum atomic E-state index is 9.76. The summed E-state index contributed by atoms with van der Waals surface area (Å²) in [6.07, 6.45) is 1.93. The van der Waals surface area contributed by atoms with Gasteiger partial charge in [-0.05, 0) is 26.0 Å². The summed E-state index contributed by atoms with van der Waals surface area (Å²) in [5.41, 5.74) is 1.42. The molecule has 1 heterocycles. The highest BCUT2D eigenvalue weighted by Crippen LogP contribution is 2.33. The molecule has 4 nitrogen and oxygen atoms in total. The Labute approximate surface area is 122 Å². The lowest BCUT2D eigenvalue weighted by atomic mass is 10.3. The molecular formula is C13H15Cl2N3O. The number of hydrogen-bond acceptors (Lipinski definition) is 3. The number of phenols is 1. The molecule has 102 valence electrons. The summed E-state index contributed by atoms with van der Waals surface area (Å²) >= 11 is 11.7. The molecule has 1 aromatic heterocycles. The van der Waals surface area contributed by atoms with E-state index >= 15 is 0 Å². The molecule has 1 aromatic carbocycles. The van der Waals surface area contributed by atoms with E-state index in [9.17, 15) is 5.11 Å². The Hall–Kier alpha value is -1.39. The normalized spacial score (nSPS) is 11.0. The van der Waals surface area contributed by atoms with E-state index in [0.717, 1.165) is 5.69 Å². The van der Waals surface area contributed by atoms with Crippen LogP contribution in [0.15, 0.2) is 24.4 Å². The Morgan fingerprint density at radius 2 is 2.00 bits per heavy atom. The van der Waals surface area contributed by atoms with Crippen LogP contribution >= 0.6 is 23.2 Å². The molecule has 0 amide bonds. The van der Waals surface area contributed by atoms with Gasteiger partial charge < -0.3 is 10.4 Å². The van der Waals surface area contributed by atoms with E-state index in [4.69, 9.17) is 23.2 Å². The van der Waals surface area contributed by atoms with Crippen molar-refractivity contribution < 1.29 is 5.11 Å². The molecule has 0 spiro atoms. The summed E-state index contributed by atoms with van der Waals surface area (Å²) in [5, 5.41) is 18.0. The average Bonchev–Trinajstić information content (AvgIpc) is 2.81. The van der Waals surface area contributed by atoms with Gasteiger partial charge in [0.15, 0.2) is 0 Å². The van der Waals surface area contributed by atoms with Gasteiger partial charge in [-0.3, -0.25) is 4.68 Å². The molecule has 0 unspecified atom stereocenters. The summed E-state index contributed by atoms with van der Waals surface area (Å²) in [4.78, 5) is 0. The Morgan fingerprint density at radius 1 is 1.32 bits per heavy atom. The molecule has 2 N–H and O–H groups in total. The molecule has 0 saturated heterocycles. The fraction of sp³-hybridized carbons (Fsp3) is 0.308. The standard InChI is InChI=1S/C13H15Cl2N3O/c1-8(2)18-4-3-9(17-18)7-16-12-5-10(14)11(15)6-13(12)19/h3-6,8,16,19H,7H2,1-2H3. The average molecular weight is 300 g/mol. The number of nitrogens with zero attached hydrogens (tertiary/aromatic N) is 2. The van der Waals surface area contributed by atoms with Crippen molar-refractivity contribution in [1.29, 1.82) is 0 Å². The minimum absolute atomic E-state index is 0.0673. The van der Waals surface area contributed by atoms with Gasteiger partial charge in [-0.2, -0.15) is 5.10 Å². The zero-order valence-corrected chi connectivity index (χ0v) is 12.2. The molecule has 0 saturated carbocycles. The van der Waals surface area contributed by atoms with Gasteiger partial charge in [0.1, 0.15) is 5.75 Å². The van der Waals surface area contributed by atoms with Gasteiger partial charge in [0.05, 0.1) is 28.0 Å². The predicted octanol–water partition coefficient (Wildman–Crippen LogP) is 4.09. The number of hydrogen-bond donors (Lipinski definition) is 2. The Bertz CT molecular complexity index is 581. The number of benzene rings is 1. The van der Waals surface area contributed by atoms with E-state index in [1.807, 2.05) is 16.9 Å². The number of nitrogens with one attached hydrogen (secondary N) is 1. The number of phenolic OH excluding ortho intramolecular Hbond substituents is 1. The largest absolute Gasteiger partial charge is 0.506 e. The predicted molar refractivity (Wildman–Crippen MR) is 78.1 cm³/mol. The molecule has 0 fully saturated rings. The van der Waals surface area contributed by atoms with E-state index < -0.39 is 0 Å². The van der Waals surface area contributed by atoms with Gasteiger partial charge >= 0.3 is 0 Å². The quantitative estimate of drug-likeness (QED) is 0.836. The van der Waals surface area contributed by atoms with Crippen LogP contribution in [0.25, 0.3) is 0 Å². The molecule has 2 aromatic rings. The van der Waals surface area contributed by atoms with Gasteiger partial charge in [-0.1, -0.05) is 23.2 Å². The lowest BCUT2D eigenvalue weighted by Gasteiger charge is -2.09. The maximum Gasteiger partial charge on any atom is 0.140 e. The summed E-state index contributed by atoms with van der Waals surface area (Å²) in [6, 6.07) is 5.27. The smallest absolute Gasteiger partial charge is 0.140 e. The van der Waals surface area contributed by atoms with Crippen molar-refractivity contribution >= 4 is 28.9 Å². The topological polar surface area (TPSA) is 50.1 Å². The van der Waals surface area contributed by atoms with Gasteiger partial charge in [0.25, 0.3) is 0 Å². The van der Waals surface area contributed by atoms with Gasteiger partial charge in [-0.15, -0.1) is 0 Å². The Morgan fingerprint density at radius 3 is 2.63 bits per heavy atom. The number of anilines is 1. The second-order valence-corrected chi connectivity index (χ2v) is 5.33. The van der Waals surface area contributed by atoms with Crippen molar-refractivity contribution in [2.24, 2.45) is 0 Å². The second kappa shape index (κ2) is 5.72. The van der Waals surface area contributed by atoms with E-state index in [1.54, 1.807) is 6.07 Å². The number of aromatic nitrogens is 2. The van der Waals surface area contributed by atoms with Crippen LogP contribution in [-0.2, 0) is 6.54 Å². The van der Waals surface area contributed by atoms with Crippen molar-refractivity contribution in [3.05, 3.63) is 40.1 Å². The fourth-order valence-corrected chi connectivity index (χ4v) is 1.94. The van der Waals surface area contributed by atoms with Crippen LogP contribution in [0.4, 0.5) is 5.69 Å². The second-order valence-electron chi connectivity index (χ2n) is 4.52. The molecule has 0 aliphatic heterocycles. The summed E-state index contributed by atoms with van der Waals surface area (Å²) in [7, 11) is 0. The number of aromatic hydroxyl groups is 1. The van der Waals surface area contributed by atoms with Crippen molar-refractivity contribution in [2.75, 3.05) is 5.32 Å². The molecule has 6 heteroatoms. The van der Waals surface area contributed by atoms with Gasteiger partial charge in [0.2, 0.25) is 0 Å². The third-order valence-corrected chi connectivity index (χ3v) is 3.41. The first kappa shape index (κ1) is 14.0. The first-order chi connectivity index (χ1) is 8.97. The maximum absolute atomic E-state index is 9.76. The van der Waals surface area contributed by atoms with Gasteiger partial charge in [0, 0.05) is 18.3 Å². The molecular weight excluding hydrogens is 285 g/mol. The van der Waals surface area contributed by atoms with E-state index in [-0.39, 0.29) is 5.75 Å². The van der Waals surface area contributed by atoms with E-state index in [2.05, 4.69) is 24.3 Å². The zero-order chi connectivity index (χ0) is 14.0. The van der Waals surface area contributed by atoms with Crippen LogP contribution in [0.1, 0.15) is 25.6 Å². The third-order valence-electron chi connectivity index (χ3n) is 2.69. The summed E-state index contributed by atoms with van der Waals surface area (Å²) in [6.45, 7) is 4.63. The minimum atomic E-state index is 0.0673. The summed E-state index contributed by atoms with van der Waals surface area (Å²) in [5.74, 6) is 0.0673. The molecule has 0 atom stereocenters. The van der Waals surface area contributed by atoms with E-state index in [1.165, 1.54) is 6.07 Å². The zero-order valence-electron chi connectivity index (χ0n) is 10.7. The minimum Gasteiger partial charge on any atom is -0.506 e. The van der Waals surface area contributed by atoms with Crippen molar-refractivity contribution in [2.45, 2.75) is 26.4 Å². The van der Waals surface area contributed by atoms with Crippen molar-refractivity contribution in [3.8, 4) is 5.75 Å². The lowest BCUT2D eigenvalue weighted by Crippen LogP contribution is -2.04. The summed E-state index contributed by atoms with van der Waals surface area (Å²) < 4.78 is 1.88.